The molecule has 1 saturated heterocycles. The first-order chi connectivity index (χ1) is 8.55. The summed E-state index contributed by atoms with van der Waals surface area (Å²) in [6.07, 6.45) is 0.456. The number of rotatable bonds is 5. The van der Waals surface area contributed by atoms with Gasteiger partial charge in [-0.1, -0.05) is 0 Å². The van der Waals surface area contributed by atoms with Gasteiger partial charge in [0.15, 0.2) is 9.84 Å². The van der Waals surface area contributed by atoms with E-state index in [1.54, 1.807) is 7.05 Å². The Bertz CT molecular complexity index is 471. The van der Waals surface area contributed by atoms with Crippen LogP contribution >= 0.6 is 11.8 Å². The molecule has 0 aromatic carbocycles. The van der Waals surface area contributed by atoms with E-state index < -0.39 is 20.6 Å². The summed E-state index contributed by atoms with van der Waals surface area (Å²) < 4.78 is 21.7. The van der Waals surface area contributed by atoms with Gasteiger partial charge in [0, 0.05) is 13.1 Å². The molecule has 19 heavy (non-hydrogen) atoms. The van der Waals surface area contributed by atoms with Crippen LogP contribution in [0.3, 0.4) is 0 Å². The minimum atomic E-state index is -3.03. The van der Waals surface area contributed by atoms with E-state index in [-0.39, 0.29) is 29.2 Å². The van der Waals surface area contributed by atoms with Crippen molar-refractivity contribution in [2.75, 3.05) is 24.3 Å². The van der Waals surface area contributed by atoms with Gasteiger partial charge in [-0.15, -0.1) is 11.8 Å². The number of nitrogens with zero attached hydrogens (tertiary/aromatic N) is 1. The number of amides is 1. The number of carbonyl (C=O) groups excluding carboxylic acids is 1. The molecule has 1 N–H and O–H groups in total. The Kier molecular flexibility index (Phi) is 4.89. The second-order valence-electron chi connectivity index (χ2n) is 5.17. The molecule has 1 unspecified atom stereocenters. The van der Waals surface area contributed by atoms with E-state index in [4.69, 9.17) is 5.11 Å². The van der Waals surface area contributed by atoms with Crippen LogP contribution in [0.5, 0.6) is 0 Å². The highest BCUT2D eigenvalue weighted by atomic mass is 32.2. The maximum atomic E-state index is 11.9. The number of carboxylic acid groups (broad SMARTS) is 1. The molecule has 0 bridgehead atoms. The third-order valence-electron chi connectivity index (χ3n) is 3.22. The van der Waals surface area contributed by atoms with Crippen LogP contribution in [0.2, 0.25) is 0 Å². The molecule has 0 aromatic rings. The van der Waals surface area contributed by atoms with Crippen LogP contribution in [0, 0.1) is 0 Å². The Morgan fingerprint density at radius 2 is 2.00 bits per heavy atom. The van der Waals surface area contributed by atoms with Crippen LogP contribution in [0.1, 0.15) is 20.3 Å². The largest absolute Gasteiger partial charge is 0.480 e. The summed E-state index contributed by atoms with van der Waals surface area (Å²) >= 11 is 1.04. The van der Waals surface area contributed by atoms with Crippen LogP contribution in [-0.2, 0) is 19.4 Å². The molecule has 6 nitrogen and oxygen atoms in total. The molecule has 1 rings (SSSR count). The molecule has 0 aromatic heterocycles. The van der Waals surface area contributed by atoms with Crippen LogP contribution < -0.4 is 0 Å². The first kappa shape index (κ1) is 16.3. The maximum absolute atomic E-state index is 11.9. The van der Waals surface area contributed by atoms with E-state index in [0.29, 0.717) is 6.42 Å². The summed E-state index contributed by atoms with van der Waals surface area (Å²) in [4.78, 5) is 24.3. The van der Waals surface area contributed by atoms with E-state index in [0.717, 1.165) is 11.8 Å². The van der Waals surface area contributed by atoms with Gasteiger partial charge < -0.3 is 10.0 Å². The first-order valence-electron chi connectivity index (χ1n) is 5.88. The summed E-state index contributed by atoms with van der Waals surface area (Å²) in [6, 6.07) is -0.286. The lowest BCUT2D eigenvalue weighted by Crippen LogP contribution is -2.40. The predicted octanol–water partition coefficient (Wildman–Crippen LogP) is 0.228. The highest BCUT2D eigenvalue weighted by Crippen LogP contribution is 2.25. The van der Waals surface area contributed by atoms with Crippen LogP contribution in [0.4, 0.5) is 0 Å². The SMILES string of the molecule is CN(C(=O)CSC(C)(C)C(=O)O)C1CCS(=O)(=O)C1. The number of thioether (sulfide) groups is 1. The number of aliphatic carboxylic acids is 1. The minimum Gasteiger partial charge on any atom is -0.480 e. The highest BCUT2D eigenvalue weighted by molar-refractivity contribution is 8.02. The number of hydrogen-bond acceptors (Lipinski definition) is 5. The molecule has 0 saturated carbocycles. The Labute approximate surface area is 117 Å². The molecule has 0 spiro atoms. The van der Waals surface area contributed by atoms with Crippen molar-refractivity contribution < 1.29 is 23.1 Å². The number of sulfone groups is 1. The zero-order valence-electron chi connectivity index (χ0n) is 11.2. The lowest BCUT2D eigenvalue weighted by molar-refractivity contribution is -0.138. The quantitative estimate of drug-likeness (QED) is 0.781. The van der Waals surface area contributed by atoms with Gasteiger partial charge in [-0.2, -0.15) is 0 Å². The van der Waals surface area contributed by atoms with Crippen molar-refractivity contribution in [2.45, 2.75) is 31.1 Å². The third-order valence-corrected chi connectivity index (χ3v) is 6.26. The summed E-state index contributed by atoms with van der Waals surface area (Å²) in [5.41, 5.74) is 0. The first-order valence-corrected chi connectivity index (χ1v) is 8.69. The number of carbonyl (C=O) groups is 2. The molecule has 0 radical (unpaired) electrons. The number of carboxylic acids is 1. The maximum Gasteiger partial charge on any atom is 0.319 e. The molecule has 1 amide bonds. The standard InChI is InChI=1S/C11H19NO5S2/c1-11(2,10(14)15)18-6-9(13)12(3)8-4-5-19(16,17)7-8/h8H,4-7H2,1-3H3,(H,14,15). The van der Waals surface area contributed by atoms with Gasteiger partial charge in [-0.3, -0.25) is 9.59 Å². The second kappa shape index (κ2) is 5.70. The molecule has 1 heterocycles. The summed E-state index contributed by atoms with van der Waals surface area (Å²) in [6.45, 7) is 3.07. The highest BCUT2D eigenvalue weighted by Gasteiger charge is 2.34. The third kappa shape index (κ3) is 4.38. The molecular weight excluding hydrogens is 290 g/mol. The minimum absolute atomic E-state index is 0.00221. The van der Waals surface area contributed by atoms with Crippen molar-refractivity contribution in [1.82, 2.24) is 4.90 Å². The van der Waals surface area contributed by atoms with Crippen molar-refractivity contribution in [3.8, 4) is 0 Å². The van der Waals surface area contributed by atoms with Crippen LogP contribution in [0.25, 0.3) is 0 Å². The summed E-state index contributed by atoms with van der Waals surface area (Å²) in [5.74, 6) is -1.06. The van der Waals surface area contributed by atoms with Gasteiger partial charge in [0.05, 0.1) is 17.3 Å². The summed E-state index contributed by atoms with van der Waals surface area (Å²) in [7, 11) is -1.45. The lowest BCUT2D eigenvalue weighted by Gasteiger charge is -2.25. The Morgan fingerprint density at radius 3 is 2.42 bits per heavy atom. The van der Waals surface area contributed by atoms with Gasteiger partial charge in [0.1, 0.15) is 4.75 Å². The van der Waals surface area contributed by atoms with Crippen molar-refractivity contribution in [1.29, 1.82) is 0 Å². The van der Waals surface area contributed by atoms with Gasteiger partial charge in [0.25, 0.3) is 0 Å². The molecule has 1 aliphatic heterocycles. The molecule has 1 fully saturated rings. The van der Waals surface area contributed by atoms with Gasteiger partial charge >= 0.3 is 5.97 Å². The van der Waals surface area contributed by atoms with Crippen molar-refractivity contribution in [3.63, 3.8) is 0 Å². The van der Waals surface area contributed by atoms with Crippen molar-refractivity contribution >= 4 is 33.5 Å². The zero-order valence-corrected chi connectivity index (χ0v) is 12.9. The molecular formula is C11H19NO5S2. The van der Waals surface area contributed by atoms with E-state index >= 15 is 0 Å². The average Bonchev–Trinajstić information content (AvgIpc) is 2.65. The fourth-order valence-electron chi connectivity index (χ4n) is 1.69. The smallest absolute Gasteiger partial charge is 0.319 e. The lowest BCUT2D eigenvalue weighted by atomic mass is 10.2. The van der Waals surface area contributed by atoms with Gasteiger partial charge in [0.2, 0.25) is 5.91 Å². The van der Waals surface area contributed by atoms with Gasteiger partial charge in [-0.25, -0.2) is 8.42 Å². The molecule has 110 valence electrons. The monoisotopic (exact) mass is 309 g/mol. The Hall–Kier alpha value is -0.760. The molecule has 8 heteroatoms. The van der Waals surface area contributed by atoms with Crippen LogP contribution in [0.15, 0.2) is 0 Å². The van der Waals surface area contributed by atoms with E-state index in [1.807, 2.05) is 0 Å². The summed E-state index contributed by atoms with van der Waals surface area (Å²) in [5, 5.41) is 8.95. The molecule has 0 aliphatic carbocycles. The average molecular weight is 309 g/mol. The van der Waals surface area contributed by atoms with Crippen LogP contribution in [-0.4, -0.2) is 65.4 Å². The Balaban J connectivity index is 2.53. The number of hydrogen-bond donors (Lipinski definition) is 1. The van der Waals surface area contributed by atoms with Gasteiger partial charge in [-0.05, 0) is 20.3 Å². The van der Waals surface area contributed by atoms with E-state index in [1.165, 1.54) is 18.7 Å². The van der Waals surface area contributed by atoms with E-state index in [9.17, 15) is 18.0 Å². The zero-order chi connectivity index (χ0) is 14.8. The predicted molar refractivity (Wildman–Crippen MR) is 74.0 cm³/mol. The van der Waals surface area contributed by atoms with Crippen molar-refractivity contribution in [2.24, 2.45) is 0 Å². The normalized spacial score (nSPS) is 22.2. The topological polar surface area (TPSA) is 91.8 Å². The molecule has 1 aliphatic rings. The Morgan fingerprint density at radius 1 is 1.42 bits per heavy atom. The fourth-order valence-corrected chi connectivity index (χ4v) is 4.28. The molecule has 1 atom stereocenters. The van der Waals surface area contributed by atoms with E-state index in [2.05, 4.69) is 0 Å². The van der Waals surface area contributed by atoms with Crippen molar-refractivity contribution in [3.05, 3.63) is 0 Å². The second-order valence-corrected chi connectivity index (χ2v) is 8.99. The fraction of sp³-hybridized carbons (Fsp3) is 0.818.